The van der Waals surface area contributed by atoms with Crippen molar-refractivity contribution in [2.24, 2.45) is 5.11 Å². The normalized spacial score (nSPS) is 30.0. The second-order valence-corrected chi connectivity index (χ2v) is 10.1. The van der Waals surface area contributed by atoms with Crippen LogP contribution in [0.15, 0.2) is 5.11 Å². The monoisotopic (exact) mass is 574 g/mol. The van der Waals surface area contributed by atoms with Crippen molar-refractivity contribution in [1.82, 2.24) is 0 Å². The average molecular weight is 576 g/mol. The SMILES string of the molecule is CC(=O)OC[C@H]1OC(OC(=N)C(Cl)(Cl)Cl)[C@H](OC(C)=O)[C@@H]1OC1C[C@@H](OC(C)=O)C[C@H](CN=[N+]=[N-])O1. The molecule has 0 spiro atoms. The van der Waals surface area contributed by atoms with Crippen LogP contribution in [0.4, 0.5) is 0 Å². The fourth-order valence-electron chi connectivity index (χ4n) is 3.55. The molecule has 0 aromatic heterocycles. The van der Waals surface area contributed by atoms with Gasteiger partial charge >= 0.3 is 17.9 Å². The fraction of sp³-hybridized carbons (Fsp3) is 0.789. The summed E-state index contributed by atoms with van der Waals surface area (Å²) >= 11 is 17.1. The number of carbonyl (C=O) groups excluding carboxylic acids is 3. The van der Waals surface area contributed by atoms with Gasteiger partial charge in [-0.05, 0) is 5.53 Å². The first-order chi connectivity index (χ1) is 16.8. The molecule has 17 heteroatoms. The van der Waals surface area contributed by atoms with Crippen molar-refractivity contribution < 1.29 is 47.5 Å². The molecule has 2 unspecified atom stereocenters. The predicted molar refractivity (Wildman–Crippen MR) is 122 cm³/mol. The van der Waals surface area contributed by atoms with Crippen LogP contribution in [0, 0.1) is 5.41 Å². The molecule has 0 radical (unpaired) electrons. The second kappa shape index (κ2) is 13.5. The minimum atomic E-state index is -2.24. The van der Waals surface area contributed by atoms with Gasteiger partial charge in [0.1, 0.15) is 24.9 Å². The Morgan fingerprint density at radius 3 is 2.25 bits per heavy atom. The lowest BCUT2D eigenvalue weighted by atomic mass is 10.0. The van der Waals surface area contributed by atoms with E-state index in [1.54, 1.807) is 0 Å². The van der Waals surface area contributed by atoms with Crippen molar-refractivity contribution in [2.75, 3.05) is 13.2 Å². The number of hydrogen-bond donors (Lipinski definition) is 1. The van der Waals surface area contributed by atoms with E-state index in [9.17, 15) is 14.4 Å². The van der Waals surface area contributed by atoms with Crippen LogP contribution in [0.2, 0.25) is 0 Å². The minimum absolute atomic E-state index is 0.0638. The van der Waals surface area contributed by atoms with Gasteiger partial charge < -0.3 is 33.2 Å². The summed E-state index contributed by atoms with van der Waals surface area (Å²) in [6.45, 7) is 3.13. The summed E-state index contributed by atoms with van der Waals surface area (Å²) in [6.07, 6.45) is -7.05. The first kappa shape index (κ1) is 30.2. The number of nitrogens with one attached hydrogen (secondary N) is 1. The Morgan fingerprint density at radius 1 is 1.03 bits per heavy atom. The number of alkyl halides is 3. The van der Waals surface area contributed by atoms with E-state index < -0.39 is 70.7 Å². The number of halogens is 3. The highest BCUT2D eigenvalue weighted by molar-refractivity contribution is 6.76. The van der Waals surface area contributed by atoms with E-state index in [1.807, 2.05) is 0 Å². The molecule has 2 rings (SSSR count). The molecule has 0 saturated carbocycles. The Morgan fingerprint density at radius 2 is 1.69 bits per heavy atom. The summed E-state index contributed by atoms with van der Waals surface area (Å²) in [5.74, 6) is -2.72. The number of hydrogen-bond acceptors (Lipinski definition) is 12. The van der Waals surface area contributed by atoms with E-state index >= 15 is 0 Å². The third-order valence-electron chi connectivity index (χ3n) is 4.83. The molecule has 202 valence electrons. The third kappa shape index (κ3) is 9.43. The highest BCUT2D eigenvalue weighted by Gasteiger charge is 2.52. The zero-order chi connectivity index (χ0) is 27.0. The Labute approximate surface area is 220 Å². The summed E-state index contributed by atoms with van der Waals surface area (Å²) < 4.78 is 36.3. The lowest BCUT2D eigenvalue weighted by Crippen LogP contribution is -2.47. The predicted octanol–water partition coefficient (Wildman–Crippen LogP) is 2.70. The van der Waals surface area contributed by atoms with E-state index in [4.69, 9.17) is 78.9 Å². The average Bonchev–Trinajstić information content (AvgIpc) is 3.04. The van der Waals surface area contributed by atoms with Gasteiger partial charge in [0, 0.05) is 38.5 Å². The van der Waals surface area contributed by atoms with Crippen molar-refractivity contribution in [2.45, 2.75) is 80.5 Å². The number of rotatable bonds is 9. The van der Waals surface area contributed by atoms with Crippen LogP contribution in [-0.2, 0) is 47.5 Å². The third-order valence-corrected chi connectivity index (χ3v) is 5.34. The molecule has 7 atom stereocenters. The van der Waals surface area contributed by atoms with E-state index in [2.05, 4.69) is 10.0 Å². The molecule has 2 aliphatic heterocycles. The molecule has 1 N–H and O–H groups in total. The minimum Gasteiger partial charge on any atom is -0.463 e. The van der Waals surface area contributed by atoms with Crippen LogP contribution >= 0.6 is 34.8 Å². The first-order valence-corrected chi connectivity index (χ1v) is 11.7. The van der Waals surface area contributed by atoms with Gasteiger partial charge in [-0.3, -0.25) is 19.8 Å². The zero-order valence-electron chi connectivity index (χ0n) is 19.4. The van der Waals surface area contributed by atoms with Gasteiger partial charge in [0.05, 0.1) is 12.6 Å². The van der Waals surface area contributed by atoms with Gasteiger partial charge in [-0.1, -0.05) is 39.9 Å². The quantitative estimate of drug-likeness (QED) is 0.0625. The molecule has 2 heterocycles. The highest BCUT2D eigenvalue weighted by Crippen LogP contribution is 2.35. The molecule has 0 aliphatic carbocycles. The van der Waals surface area contributed by atoms with Crippen molar-refractivity contribution in [3.63, 3.8) is 0 Å². The van der Waals surface area contributed by atoms with Crippen molar-refractivity contribution >= 4 is 58.6 Å². The van der Waals surface area contributed by atoms with E-state index in [0.29, 0.717) is 0 Å². The van der Waals surface area contributed by atoms with Gasteiger partial charge in [0.25, 0.3) is 3.79 Å². The maximum Gasteiger partial charge on any atom is 0.303 e. The van der Waals surface area contributed by atoms with Gasteiger partial charge in [0.15, 0.2) is 12.4 Å². The molecule has 0 aromatic rings. The Kier molecular flexibility index (Phi) is 11.3. The standard InChI is InChI=1S/C19H25Cl3N4O10/c1-8(27)30-7-13-15(16(32-10(3)29)17(34-13)36-18(23)19(20,21)22)35-14-5-11(31-9(2)28)4-12(33-14)6-25-26-24/h11-17,23H,4-7H2,1-3H3/t11-,12+,13+,14?,15+,16+,17?/m0/s1. The molecular formula is C19H25Cl3N4O10. The molecule has 0 bridgehead atoms. The fourth-order valence-corrected chi connectivity index (χ4v) is 3.69. The summed E-state index contributed by atoms with van der Waals surface area (Å²) in [5, 5.41) is 11.3. The second-order valence-electron chi connectivity index (χ2n) is 7.77. The molecule has 2 saturated heterocycles. The summed E-state index contributed by atoms with van der Waals surface area (Å²) in [4.78, 5) is 37.4. The molecule has 2 aliphatic rings. The Hall–Kier alpha value is -2.06. The molecular weight excluding hydrogens is 551 g/mol. The van der Waals surface area contributed by atoms with Gasteiger partial charge in [-0.15, -0.1) is 0 Å². The number of carbonyl (C=O) groups is 3. The number of nitrogens with zero attached hydrogens (tertiary/aromatic N) is 3. The van der Waals surface area contributed by atoms with Crippen LogP contribution in [0.1, 0.15) is 33.6 Å². The van der Waals surface area contributed by atoms with Crippen LogP contribution in [0.25, 0.3) is 10.4 Å². The van der Waals surface area contributed by atoms with E-state index in [0.717, 1.165) is 6.92 Å². The molecule has 0 aromatic carbocycles. The molecule has 14 nitrogen and oxygen atoms in total. The highest BCUT2D eigenvalue weighted by atomic mass is 35.6. The lowest BCUT2D eigenvalue weighted by molar-refractivity contribution is -0.250. The maximum atomic E-state index is 11.8. The van der Waals surface area contributed by atoms with Crippen LogP contribution in [0.3, 0.4) is 0 Å². The smallest absolute Gasteiger partial charge is 0.303 e. The molecule has 36 heavy (non-hydrogen) atoms. The van der Waals surface area contributed by atoms with E-state index in [1.165, 1.54) is 13.8 Å². The number of esters is 3. The van der Waals surface area contributed by atoms with Crippen molar-refractivity contribution in [3.8, 4) is 0 Å². The molecule has 2 fully saturated rings. The molecule has 0 amide bonds. The largest absolute Gasteiger partial charge is 0.463 e. The Bertz CT molecular complexity index is 870. The summed E-state index contributed by atoms with van der Waals surface area (Å²) in [7, 11) is 0. The lowest BCUT2D eigenvalue weighted by Gasteiger charge is -2.36. The van der Waals surface area contributed by atoms with E-state index in [-0.39, 0.29) is 26.0 Å². The van der Waals surface area contributed by atoms with Gasteiger partial charge in [-0.2, -0.15) is 0 Å². The van der Waals surface area contributed by atoms with Gasteiger partial charge in [0.2, 0.25) is 12.2 Å². The van der Waals surface area contributed by atoms with Crippen molar-refractivity contribution in [3.05, 3.63) is 10.4 Å². The Balaban J connectivity index is 2.30. The zero-order valence-corrected chi connectivity index (χ0v) is 21.7. The number of ether oxygens (including phenoxy) is 7. The maximum absolute atomic E-state index is 11.8. The summed E-state index contributed by atoms with van der Waals surface area (Å²) in [6, 6.07) is 0. The topological polar surface area (TPSA) is 188 Å². The van der Waals surface area contributed by atoms with Gasteiger partial charge in [-0.25, -0.2) is 0 Å². The van der Waals surface area contributed by atoms with Crippen molar-refractivity contribution in [1.29, 1.82) is 5.41 Å². The summed E-state index contributed by atoms with van der Waals surface area (Å²) in [5.41, 5.74) is 8.64. The van der Waals surface area contributed by atoms with Crippen LogP contribution in [-0.4, -0.2) is 83.8 Å². The number of azide groups is 1. The van der Waals surface area contributed by atoms with Crippen LogP contribution < -0.4 is 0 Å². The van der Waals surface area contributed by atoms with Crippen LogP contribution in [0.5, 0.6) is 0 Å². The first-order valence-electron chi connectivity index (χ1n) is 10.6.